The van der Waals surface area contributed by atoms with Crippen molar-refractivity contribution >= 4 is 34.9 Å². The number of likely N-dealkylation sites (N-methyl/N-ethyl adjacent to an activating group) is 1. The number of carbonyl (C=O) groups excluding carboxylic acids is 2. The number of nitrogens with zero attached hydrogens (tertiary/aromatic N) is 1. The topological polar surface area (TPSA) is 49.4 Å². The maximum Gasteiger partial charge on any atom is 0.234 e. The zero-order chi connectivity index (χ0) is 16.9. The second-order valence-corrected chi connectivity index (χ2v) is 6.64. The molecular formula is C16H22Cl2N2O2. The number of hydrogen-bond donors (Lipinski definition) is 1. The van der Waals surface area contributed by atoms with Gasteiger partial charge in [0.2, 0.25) is 5.91 Å². The fourth-order valence-corrected chi connectivity index (χ4v) is 2.53. The minimum atomic E-state index is -0.439. The quantitative estimate of drug-likeness (QED) is 0.826. The first-order chi connectivity index (χ1) is 10.2. The molecule has 1 aromatic carbocycles. The predicted octanol–water partition coefficient (Wildman–Crippen LogP) is 3.16. The monoisotopic (exact) mass is 344 g/mol. The van der Waals surface area contributed by atoms with E-state index >= 15 is 0 Å². The van der Waals surface area contributed by atoms with Crippen LogP contribution in [-0.2, 0) is 16.1 Å². The van der Waals surface area contributed by atoms with E-state index in [1.165, 1.54) is 6.92 Å². The number of halogens is 2. The molecule has 4 nitrogen and oxygen atoms in total. The van der Waals surface area contributed by atoms with Gasteiger partial charge in [-0.2, -0.15) is 0 Å². The van der Waals surface area contributed by atoms with Crippen LogP contribution in [0.25, 0.3) is 0 Å². The van der Waals surface area contributed by atoms with Crippen molar-refractivity contribution in [3.63, 3.8) is 0 Å². The van der Waals surface area contributed by atoms with Crippen LogP contribution in [0.5, 0.6) is 0 Å². The van der Waals surface area contributed by atoms with E-state index in [9.17, 15) is 9.59 Å². The van der Waals surface area contributed by atoms with Crippen molar-refractivity contribution in [3.8, 4) is 0 Å². The normalized spacial score (nSPS) is 12.5. The lowest BCUT2D eigenvalue weighted by atomic mass is 10.0. The summed E-state index contributed by atoms with van der Waals surface area (Å²) in [7, 11) is 1.83. The second-order valence-electron chi connectivity index (χ2n) is 5.82. The Labute approximate surface area is 141 Å². The lowest BCUT2D eigenvalue weighted by Gasteiger charge is -2.22. The molecule has 0 saturated carbocycles. The van der Waals surface area contributed by atoms with Gasteiger partial charge in [0.15, 0.2) is 5.78 Å². The molecule has 0 radical (unpaired) electrons. The molecule has 1 unspecified atom stereocenters. The largest absolute Gasteiger partial charge is 0.345 e. The van der Waals surface area contributed by atoms with Gasteiger partial charge in [-0.15, -0.1) is 0 Å². The molecule has 122 valence electrons. The smallest absolute Gasteiger partial charge is 0.234 e. The van der Waals surface area contributed by atoms with E-state index in [1.54, 1.807) is 12.1 Å². The van der Waals surface area contributed by atoms with Gasteiger partial charge in [-0.1, -0.05) is 43.1 Å². The highest BCUT2D eigenvalue weighted by Crippen LogP contribution is 2.23. The van der Waals surface area contributed by atoms with Gasteiger partial charge in [-0.25, -0.2) is 0 Å². The van der Waals surface area contributed by atoms with Gasteiger partial charge in [-0.3, -0.25) is 14.5 Å². The van der Waals surface area contributed by atoms with Crippen molar-refractivity contribution in [3.05, 3.63) is 33.8 Å². The first kappa shape index (κ1) is 18.9. The van der Waals surface area contributed by atoms with Crippen LogP contribution in [0, 0.1) is 5.92 Å². The number of benzene rings is 1. The first-order valence-electron chi connectivity index (χ1n) is 7.13. The highest BCUT2D eigenvalue weighted by Gasteiger charge is 2.21. The Hall–Kier alpha value is -1.10. The SMILES string of the molecule is CC(=O)C(NC(=O)CN(C)Cc1ccc(Cl)c(Cl)c1)C(C)C. The Morgan fingerprint density at radius 3 is 2.36 bits per heavy atom. The van der Waals surface area contributed by atoms with Crippen LogP contribution in [0.2, 0.25) is 10.0 Å². The van der Waals surface area contributed by atoms with Crippen LogP contribution in [-0.4, -0.2) is 36.2 Å². The lowest BCUT2D eigenvalue weighted by molar-refractivity contribution is -0.128. The molecule has 1 aromatic rings. The van der Waals surface area contributed by atoms with Gasteiger partial charge in [0, 0.05) is 6.54 Å². The minimum absolute atomic E-state index is 0.0320. The summed E-state index contributed by atoms with van der Waals surface area (Å²) in [5, 5.41) is 3.78. The zero-order valence-electron chi connectivity index (χ0n) is 13.3. The van der Waals surface area contributed by atoms with Crippen LogP contribution >= 0.6 is 23.2 Å². The number of nitrogens with one attached hydrogen (secondary N) is 1. The van der Waals surface area contributed by atoms with Crippen molar-refractivity contribution in [2.75, 3.05) is 13.6 Å². The Morgan fingerprint density at radius 2 is 1.86 bits per heavy atom. The summed E-state index contributed by atoms with van der Waals surface area (Å²) in [5.74, 6) is -0.131. The molecule has 0 saturated heterocycles. The van der Waals surface area contributed by atoms with Crippen LogP contribution in [0.4, 0.5) is 0 Å². The Bertz CT molecular complexity index is 547. The van der Waals surface area contributed by atoms with E-state index in [0.29, 0.717) is 16.6 Å². The van der Waals surface area contributed by atoms with E-state index in [1.807, 2.05) is 31.9 Å². The van der Waals surface area contributed by atoms with E-state index in [2.05, 4.69) is 5.32 Å². The molecule has 0 fully saturated rings. The molecule has 1 amide bonds. The summed E-state index contributed by atoms with van der Waals surface area (Å²) in [4.78, 5) is 25.4. The maximum atomic E-state index is 12.0. The van der Waals surface area contributed by atoms with Gasteiger partial charge in [0.25, 0.3) is 0 Å². The molecule has 1 atom stereocenters. The van der Waals surface area contributed by atoms with Gasteiger partial charge in [0.05, 0.1) is 22.6 Å². The molecule has 22 heavy (non-hydrogen) atoms. The Balaban J connectivity index is 2.56. The molecule has 0 aliphatic rings. The fourth-order valence-electron chi connectivity index (χ4n) is 2.21. The summed E-state index contributed by atoms with van der Waals surface area (Å²) < 4.78 is 0. The van der Waals surface area contributed by atoms with Crippen LogP contribution in [0.15, 0.2) is 18.2 Å². The Morgan fingerprint density at radius 1 is 1.23 bits per heavy atom. The summed E-state index contributed by atoms with van der Waals surface area (Å²) >= 11 is 11.9. The third kappa shape index (κ3) is 5.95. The zero-order valence-corrected chi connectivity index (χ0v) is 14.8. The van der Waals surface area contributed by atoms with Crippen molar-refractivity contribution in [2.24, 2.45) is 5.92 Å². The maximum absolute atomic E-state index is 12.0. The number of amides is 1. The predicted molar refractivity (Wildman–Crippen MR) is 90.2 cm³/mol. The Kier molecular flexibility index (Phi) is 7.33. The summed E-state index contributed by atoms with van der Waals surface area (Å²) in [5.41, 5.74) is 0.969. The third-order valence-electron chi connectivity index (χ3n) is 3.27. The molecule has 0 aliphatic carbocycles. The summed E-state index contributed by atoms with van der Waals surface area (Å²) in [6, 6.07) is 4.95. The van der Waals surface area contributed by atoms with Crippen LogP contribution in [0.1, 0.15) is 26.3 Å². The molecule has 1 N–H and O–H groups in total. The minimum Gasteiger partial charge on any atom is -0.345 e. The number of Topliss-reactive ketones (excluding diaryl/α,β-unsaturated/α-hetero) is 1. The van der Waals surface area contributed by atoms with Gasteiger partial charge in [0.1, 0.15) is 0 Å². The van der Waals surface area contributed by atoms with Gasteiger partial charge >= 0.3 is 0 Å². The lowest BCUT2D eigenvalue weighted by Crippen LogP contribution is -2.46. The fraction of sp³-hybridized carbons (Fsp3) is 0.500. The summed E-state index contributed by atoms with van der Waals surface area (Å²) in [6.45, 7) is 6.08. The summed E-state index contributed by atoms with van der Waals surface area (Å²) in [6.07, 6.45) is 0. The van der Waals surface area contributed by atoms with Crippen molar-refractivity contribution in [2.45, 2.75) is 33.4 Å². The molecule has 0 aliphatic heterocycles. The van der Waals surface area contributed by atoms with E-state index < -0.39 is 6.04 Å². The third-order valence-corrected chi connectivity index (χ3v) is 4.01. The number of rotatable bonds is 7. The highest BCUT2D eigenvalue weighted by atomic mass is 35.5. The van der Waals surface area contributed by atoms with Gasteiger partial charge in [-0.05, 0) is 37.6 Å². The number of ketones is 1. The standard InChI is InChI=1S/C16H22Cl2N2O2/c1-10(2)16(11(3)21)19-15(22)9-20(4)8-12-5-6-13(17)14(18)7-12/h5-7,10,16H,8-9H2,1-4H3,(H,19,22). The van der Waals surface area contributed by atoms with Crippen molar-refractivity contribution in [1.29, 1.82) is 0 Å². The molecule has 0 heterocycles. The molecule has 1 rings (SSSR count). The first-order valence-corrected chi connectivity index (χ1v) is 7.88. The number of carbonyl (C=O) groups is 2. The van der Waals surface area contributed by atoms with E-state index in [-0.39, 0.29) is 24.2 Å². The second kappa shape index (κ2) is 8.51. The van der Waals surface area contributed by atoms with Crippen LogP contribution in [0.3, 0.4) is 0 Å². The van der Waals surface area contributed by atoms with Crippen molar-refractivity contribution in [1.82, 2.24) is 10.2 Å². The molecule has 6 heteroatoms. The highest BCUT2D eigenvalue weighted by molar-refractivity contribution is 6.42. The van der Waals surface area contributed by atoms with Crippen molar-refractivity contribution < 1.29 is 9.59 Å². The number of hydrogen-bond acceptors (Lipinski definition) is 3. The molecule has 0 bridgehead atoms. The van der Waals surface area contributed by atoms with Gasteiger partial charge < -0.3 is 5.32 Å². The average Bonchev–Trinajstić information content (AvgIpc) is 2.39. The molecule has 0 spiro atoms. The molecular weight excluding hydrogens is 323 g/mol. The van der Waals surface area contributed by atoms with Crippen LogP contribution < -0.4 is 5.32 Å². The average molecular weight is 345 g/mol. The van der Waals surface area contributed by atoms with E-state index in [4.69, 9.17) is 23.2 Å². The molecule has 0 aromatic heterocycles. The van der Waals surface area contributed by atoms with E-state index in [0.717, 1.165) is 5.56 Å².